The Balaban J connectivity index is 0.000000143. The maximum absolute atomic E-state index is 11.7. The molecule has 8 aromatic rings. The molecule has 4 aromatic heterocycles. The fourth-order valence-corrected chi connectivity index (χ4v) is 8.69. The van der Waals surface area contributed by atoms with Crippen molar-refractivity contribution in [1.82, 2.24) is 58.6 Å². The van der Waals surface area contributed by atoms with Crippen LogP contribution in [0.15, 0.2) is 107 Å². The van der Waals surface area contributed by atoms with Crippen LogP contribution in [0.25, 0.3) is 0 Å². The maximum Gasteiger partial charge on any atom is 0.349 e. The number of rotatable bonds is 16. The van der Waals surface area contributed by atoms with Gasteiger partial charge in [0.05, 0.1) is 37.9 Å². The lowest BCUT2D eigenvalue weighted by atomic mass is 10.2. The molecule has 0 radical (unpaired) electrons. The van der Waals surface area contributed by atoms with Crippen molar-refractivity contribution in [2.45, 2.75) is 0 Å². The SMILES string of the molecule is CN(CCOc1cccc2c1Nc1nc(=O)n(C)cc1O2)C(=N)N.CN(CCOc1cccc2c1Nc1nc(=S)n(C)cc1O2)C(=N)N.CNCCOc1cccc2c1Nc1nc(=O)n(C)cc1O2.CNCCOc1cccc2c1Nc1nc(=S)n(C)cc1O2. The first-order valence-corrected chi connectivity index (χ1v) is 28.6. The summed E-state index contributed by atoms with van der Waals surface area (Å²) in [5.41, 5.74) is 12.8. The first kappa shape index (κ1) is 63.8. The van der Waals surface area contributed by atoms with E-state index in [1.54, 1.807) is 77.8 Å². The quantitative estimate of drug-likeness (QED) is 0.0204. The predicted octanol–water partition coefficient (Wildman–Crippen LogP) is 6.86. The highest BCUT2D eigenvalue weighted by Gasteiger charge is 2.26. The second kappa shape index (κ2) is 28.9. The number of para-hydroxylation sites is 4. The van der Waals surface area contributed by atoms with Gasteiger partial charge in [-0.2, -0.15) is 19.9 Å². The molecule has 4 aliphatic rings. The lowest BCUT2D eigenvalue weighted by Gasteiger charge is -2.24. The normalized spacial score (nSPS) is 11.7. The number of aromatic nitrogens is 8. The van der Waals surface area contributed by atoms with E-state index in [2.05, 4.69) is 51.8 Å². The number of guanidine groups is 2. The monoisotopic (exact) mass is 1270 g/mol. The summed E-state index contributed by atoms with van der Waals surface area (Å²) in [4.78, 5) is 43.0. The van der Waals surface area contributed by atoms with Gasteiger partial charge in [0.25, 0.3) is 0 Å². The van der Waals surface area contributed by atoms with Gasteiger partial charge in [0, 0.05) is 55.4 Å². The third kappa shape index (κ3) is 15.3. The Bertz CT molecular complexity index is 3950. The van der Waals surface area contributed by atoms with Gasteiger partial charge in [0.1, 0.15) is 72.2 Å². The summed E-state index contributed by atoms with van der Waals surface area (Å²) in [7, 11) is 14.1. The minimum atomic E-state index is -0.380. The third-order valence-corrected chi connectivity index (χ3v) is 14.2. The average molecular weight is 1270 g/mol. The van der Waals surface area contributed by atoms with E-state index in [-0.39, 0.29) is 23.3 Å². The van der Waals surface area contributed by atoms with Crippen molar-refractivity contribution >= 4 is 82.4 Å². The van der Waals surface area contributed by atoms with Crippen molar-refractivity contribution in [3.63, 3.8) is 0 Å². The highest BCUT2D eigenvalue weighted by atomic mass is 32.1. The van der Waals surface area contributed by atoms with Gasteiger partial charge in [-0.15, -0.1) is 0 Å². The van der Waals surface area contributed by atoms with Crippen LogP contribution in [0.1, 0.15) is 0 Å². The summed E-state index contributed by atoms with van der Waals surface area (Å²) in [6, 6.07) is 22.1. The molecule has 0 fully saturated rings. The zero-order chi connectivity index (χ0) is 64.2. The third-order valence-electron chi connectivity index (χ3n) is 13.4. The van der Waals surface area contributed by atoms with Crippen LogP contribution >= 0.6 is 24.4 Å². The summed E-state index contributed by atoms with van der Waals surface area (Å²) in [6.07, 6.45) is 6.79. The standard InChI is InChI=1S/C15H18N6O3.C15H18N6O2S.C14H16N4O3.C14H16N4O2S/c1-20(14(16)17)6-7-23-9-4-3-5-10-12(9)18-13-11(24-10)8-21(2)15(22)19-13;1-20(14(16)17)6-7-22-9-4-3-5-10-12(9)18-13-11(23-10)8-21(2)15(24)19-13;1-15-6-7-20-9-4-3-5-10-12(9)16-13-11(21-10)8-18(2)14(19)17-13;1-15-6-7-19-9-4-3-5-10-12(9)16-13-11(20-10)8-18(2)14(21)17-13/h3-5,8H,6-7H2,1-2H3,(H3,16,17)(H,18,19,22);3-5,8H,6-7H2,1-2H3,(H3,16,17)(H,18,19,24);3-5,8,15H,6-7H2,1-2H3,(H,16,17,19);3-5,8,15H,6-7H2,1-2H3,(H,16,17,21). The Labute approximate surface area is 526 Å². The molecule has 0 unspecified atom stereocenters. The molecule has 4 aliphatic heterocycles. The average Bonchev–Trinajstić information content (AvgIpc) is 1.03. The summed E-state index contributed by atoms with van der Waals surface area (Å²) in [5.74, 6) is 9.30. The first-order chi connectivity index (χ1) is 43.3. The van der Waals surface area contributed by atoms with Gasteiger partial charge in [-0.25, -0.2) is 9.59 Å². The van der Waals surface area contributed by atoms with Gasteiger partial charge in [0.15, 0.2) is 81.2 Å². The number of nitrogens with two attached hydrogens (primary N) is 2. The lowest BCUT2D eigenvalue weighted by Crippen LogP contribution is -2.35. The molecule has 472 valence electrons. The van der Waals surface area contributed by atoms with Crippen molar-refractivity contribution in [1.29, 1.82) is 10.8 Å². The molecule has 0 spiro atoms. The molecule has 0 atom stereocenters. The van der Waals surface area contributed by atoms with Crippen molar-refractivity contribution in [2.24, 2.45) is 39.7 Å². The molecule has 0 aliphatic carbocycles. The number of anilines is 8. The van der Waals surface area contributed by atoms with E-state index in [4.69, 9.17) is 84.6 Å². The minimum Gasteiger partial charge on any atom is -0.490 e. The highest BCUT2D eigenvalue weighted by molar-refractivity contribution is 7.71. The van der Waals surface area contributed by atoms with Crippen LogP contribution in [-0.4, -0.2) is 141 Å². The van der Waals surface area contributed by atoms with Crippen molar-refractivity contribution < 1.29 is 37.9 Å². The van der Waals surface area contributed by atoms with E-state index in [9.17, 15) is 9.59 Å². The van der Waals surface area contributed by atoms with Crippen LogP contribution in [0.4, 0.5) is 46.0 Å². The second-order valence-corrected chi connectivity index (χ2v) is 20.8. The second-order valence-electron chi connectivity index (χ2n) is 20.0. The lowest BCUT2D eigenvalue weighted by molar-refractivity contribution is 0.283. The van der Waals surface area contributed by atoms with E-state index in [0.29, 0.717) is 153 Å². The zero-order valence-electron chi connectivity index (χ0n) is 50.4. The molecule has 8 heterocycles. The molecular weight excluding hydrogens is 1200 g/mol. The summed E-state index contributed by atoms with van der Waals surface area (Å²) < 4.78 is 53.4. The van der Waals surface area contributed by atoms with Crippen LogP contribution in [0, 0.1) is 20.4 Å². The van der Waals surface area contributed by atoms with Crippen LogP contribution in [0.2, 0.25) is 0 Å². The number of hydrogen-bond acceptors (Lipinski definition) is 24. The number of ether oxygens (including phenoxy) is 8. The van der Waals surface area contributed by atoms with Crippen molar-refractivity contribution in [3.8, 4) is 69.0 Å². The molecular formula is C58H68N20O10S2. The number of fused-ring (bicyclic) bond motifs is 8. The van der Waals surface area contributed by atoms with Crippen LogP contribution in [-0.2, 0) is 28.2 Å². The van der Waals surface area contributed by atoms with Gasteiger partial charge in [0.2, 0.25) is 9.54 Å². The molecule has 0 bridgehead atoms. The van der Waals surface area contributed by atoms with Gasteiger partial charge in [-0.1, -0.05) is 24.3 Å². The van der Waals surface area contributed by atoms with E-state index in [1.807, 2.05) is 95.1 Å². The molecule has 12 rings (SSSR count). The number of aryl methyl sites for hydroxylation is 4. The van der Waals surface area contributed by atoms with Gasteiger partial charge >= 0.3 is 11.4 Å². The zero-order valence-corrected chi connectivity index (χ0v) is 52.1. The van der Waals surface area contributed by atoms with Gasteiger partial charge in [-0.3, -0.25) is 20.0 Å². The Kier molecular flexibility index (Phi) is 20.5. The number of hydrogen-bond donors (Lipinski definition) is 10. The van der Waals surface area contributed by atoms with E-state index < -0.39 is 0 Å². The molecule has 12 N–H and O–H groups in total. The number of nitrogens with zero attached hydrogens (tertiary/aromatic N) is 10. The molecule has 90 heavy (non-hydrogen) atoms. The molecule has 0 saturated carbocycles. The smallest absolute Gasteiger partial charge is 0.349 e. The Morgan fingerprint density at radius 3 is 1.04 bits per heavy atom. The molecule has 32 heteroatoms. The van der Waals surface area contributed by atoms with Crippen molar-refractivity contribution in [2.75, 3.05) is 102 Å². The Hall–Kier alpha value is -10.7. The minimum absolute atomic E-state index is 0.000814. The number of nitrogens with one attached hydrogen (secondary N) is 8. The van der Waals surface area contributed by atoms with Crippen LogP contribution in [0.5, 0.6) is 69.0 Å². The summed E-state index contributed by atoms with van der Waals surface area (Å²) in [5, 5.41) is 33.4. The van der Waals surface area contributed by atoms with Crippen molar-refractivity contribution in [3.05, 3.63) is 128 Å². The van der Waals surface area contributed by atoms with E-state index in [0.717, 1.165) is 24.5 Å². The molecule has 30 nitrogen and oxygen atoms in total. The largest absolute Gasteiger partial charge is 0.490 e. The van der Waals surface area contributed by atoms with E-state index in [1.165, 1.54) is 9.13 Å². The fraction of sp³-hybridized carbons (Fsp3) is 0.276. The number of benzene rings is 4. The molecule has 0 amide bonds. The number of likely N-dealkylation sites (N-methyl/N-ethyl adjacent to an activating group) is 4. The van der Waals surface area contributed by atoms with Gasteiger partial charge < -0.3 is 100 Å². The predicted molar refractivity (Wildman–Crippen MR) is 345 cm³/mol. The topological polar surface area (TPSA) is 358 Å². The van der Waals surface area contributed by atoms with Gasteiger partial charge in [-0.05, 0) is 87.1 Å². The highest BCUT2D eigenvalue weighted by Crippen LogP contribution is 2.49. The molecule has 0 saturated heterocycles. The maximum atomic E-state index is 11.7. The van der Waals surface area contributed by atoms with Crippen LogP contribution in [0.3, 0.4) is 0 Å². The summed E-state index contributed by atoms with van der Waals surface area (Å²) >= 11 is 10.4. The fourth-order valence-electron chi connectivity index (χ4n) is 8.40. The summed E-state index contributed by atoms with van der Waals surface area (Å²) in [6.45, 7) is 4.30. The Morgan fingerprint density at radius 2 is 0.756 bits per heavy atom. The van der Waals surface area contributed by atoms with Crippen LogP contribution < -0.4 is 92.6 Å². The first-order valence-electron chi connectivity index (χ1n) is 27.8. The molecule has 4 aromatic carbocycles. The Morgan fingerprint density at radius 1 is 0.478 bits per heavy atom. The van der Waals surface area contributed by atoms with E-state index >= 15 is 0 Å².